The predicted octanol–water partition coefficient (Wildman–Crippen LogP) is 2.49. The van der Waals surface area contributed by atoms with Crippen molar-refractivity contribution < 1.29 is 28.2 Å². The summed E-state index contributed by atoms with van der Waals surface area (Å²) in [7, 11) is 0. The highest BCUT2D eigenvalue weighted by Crippen LogP contribution is 2.24. The number of imide groups is 1. The van der Waals surface area contributed by atoms with Crippen LogP contribution in [0.3, 0.4) is 0 Å². The highest BCUT2D eigenvalue weighted by molar-refractivity contribution is 6.08. The summed E-state index contributed by atoms with van der Waals surface area (Å²) in [5, 5.41) is 2.66. The summed E-state index contributed by atoms with van der Waals surface area (Å²) in [4.78, 5) is 37.4. The van der Waals surface area contributed by atoms with E-state index in [0.29, 0.717) is 18.1 Å². The van der Waals surface area contributed by atoms with Gasteiger partial charge in [-0.05, 0) is 49.9 Å². The van der Waals surface area contributed by atoms with Gasteiger partial charge in [-0.3, -0.25) is 14.5 Å². The number of rotatable bonds is 9. The average Bonchev–Trinajstić information content (AvgIpc) is 2.82. The third-order valence-electron chi connectivity index (χ3n) is 4.28. The van der Waals surface area contributed by atoms with Gasteiger partial charge in [-0.25, -0.2) is 9.18 Å². The second-order valence-electron chi connectivity index (χ2n) is 7.11. The molecule has 0 bridgehead atoms. The SMILES string of the molecule is CC(C)CC[C@]1(C)NC(=O)N(CC(=O)OCCOc2ccc(F)cc2)C1=O. The monoisotopic (exact) mass is 380 g/mol. The van der Waals surface area contributed by atoms with Crippen LogP contribution in [0.1, 0.15) is 33.6 Å². The minimum absolute atomic E-state index is 0.0511. The van der Waals surface area contributed by atoms with E-state index >= 15 is 0 Å². The van der Waals surface area contributed by atoms with Crippen LogP contribution in [0.15, 0.2) is 24.3 Å². The molecule has 0 unspecified atom stereocenters. The first-order valence-corrected chi connectivity index (χ1v) is 8.89. The van der Waals surface area contributed by atoms with Crippen LogP contribution in [-0.4, -0.2) is 48.1 Å². The molecular weight excluding hydrogens is 355 g/mol. The molecule has 0 saturated carbocycles. The first kappa shape index (κ1) is 20.7. The fourth-order valence-electron chi connectivity index (χ4n) is 2.66. The third-order valence-corrected chi connectivity index (χ3v) is 4.28. The zero-order chi connectivity index (χ0) is 20.0. The third kappa shape index (κ3) is 5.67. The molecule has 1 aliphatic rings. The molecule has 0 spiro atoms. The van der Waals surface area contributed by atoms with E-state index in [1.807, 2.05) is 13.8 Å². The van der Waals surface area contributed by atoms with Crippen LogP contribution in [0.5, 0.6) is 5.75 Å². The topological polar surface area (TPSA) is 84.9 Å². The first-order valence-electron chi connectivity index (χ1n) is 8.89. The number of hydrogen-bond acceptors (Lipinski definition) is 5. The van der Waals surface area contributed by atoms with Crippen LogP contribution < -0.4 is 10.1 Å². The van der Waals surface area contributed by atoms with Crippen molar-refractivity contribution in [3.8, 4) is 5.75 Å². The Balaban J connectivity index is 1.76. The highest BCUT2D eigenvalue weighted by Gasteiger charge is 2.48. The van der Waals surface area contributed by atoms with Crippen molar-refractivity contribution in [2.45, 2.75) is 39.2 Å². The molecule has 1 atom stereocenters. The summed E-state index contributed by atoms with van der Waals surface area (Å²) in [6, 6.07) is 4.85. The number of nitrogens with one attached hydrogen (secondary N) is 1. The molecule has 1 aromatic rings. The molecule has 3 amide bonds. The Morgan fingerprint density at radius 1 is 1.22 bits per heavy atom. The Morgan fingerprint density at radius 2 is 1.89 bits per heavy atom. The predicted molar refractivity (Wildman–Crippen MR) is 95.6 cm³/mol. The lowest BCUT2D eigenvalue weighted by atomic mass is 9.92. The van der Waals surface area contributed by atoms with E-state index in [2.05, 4.69) is 5.32 Å². The van der Waals surface area contributed by atoms with E-state index in [0.717, 1.165) is 11.3 Å². The summed E-state index contributed by atoms with van der Waals surface area (Å²) in [6.45, 7) is 5.31. The zero-order valence-corrected chi connectivity index (χ0v) is 15.8. The van der Waals surface area contributed by atoms with Gasteiger partial charge < -0.3 is 14.8 Å². The lowest BCUT2D eigenvalue weighted by Gasteiger charge is -2.22. The summed E-state index contributed by atoms with van der Waals surface area (Å²) in [5.41, 5.74) is -0.993. The normalized spacial score (nSPS) is 19.4. The second kappa shape index (κ2) is 8.83. The largest absolute Gasteiger partial charge is 0.490 e. The number of carbonyl (C=O) groups excluding carboxylic acids is 3. The van der Waals surface area contributed by atoms with Gasteiger partial charge in [0.15, 0.2) is 0 Å². The number of benzene rings is 1. The summed E-state index contributed by atoms with van der Waals surface area (Å²) in [5.74, 6) is -0.654. The molecular formula is C19H25FN2O5. The number of esters is 1. The quantitative estimate of drug-likeness (QED) is 0.404. The van der Waals surface area contributed by atoms with Gasteiger partial charge >= 0.3 is 12.0 Å². The molecule has 1 saturated heterocycles. The molecule has 1 aliphatic heterocycles. The van der Waals surface area contributed by atoms with E-state index in [-0.39, 0.29) is 19.0 Å². The lowest BCUT2D eigenvalue weighted by Crippen LogP contribution is -2.44. The standard InChI is InChI=1S/C19H25FN2O5/c1-13(2)8-9-19(3)17(24)22(18(25)21-19)12-16(23)27-11-10-26-15-6-4-14(20)5-7-15/h4-7,13H,8-12H2,1-3H3,(H,21,25)/t19-/m0/s1. The molecule has 0 aliphatic carbocycles. The molecule has 7 nitrogen and oxygen atoms in total. The van der Waals surface area contributed by atoms with Gasteiger partial charge in [-0.2, -0.15) is 0 Å². The van der Waals surface area contributed by atoms with Crippen molar-refractivity contribution in [3.63, 3.8) is 0 Å². The minimum Gasteiger partial charge on any atom is -0.490 e. The number of halogens is 1. The minimum atomic E-state index is -0.993. The van der Waals surface area contributed by atoms with E-state index < -0.39 is 30.0 Å². The maximum Gasteiger partial charge on any atom is 0.326 e. The number of ether oxygens (including phenoxy) is 2. The van der Waals surface area contributed by atoms with Crippen LogP contribution in [-0.2, 0) is 14.3 Å². The Labute approximate surface area is 157 Å². The van der Waals surface area contributed by atoms with Gasteiger partial charge in [0, 0.05) is 0 Å². The van der Waals surface area contributed by atoms with Crippen LogP contribution in [0.2, 0.25) is 0 Å². The molecule has 1 N–H and O–H groups in total. The van der Waals surface area contributed by atoms with Crippen LogP contribution in [0.25, 0.3) is 0 Å². The van der Waals surface area contributed by atoms with Crippen molar-refractivity contribution in [2.24, 2.45) is 5.92 Å². The van der Waals surface area contributed by atoms with E-state index in [9.17, 15) is 18.8 Å². The Bertz CT molecular complexity index is 692. The molecule has 1 heterocycles. The van der Waals surface area contributed by atoms with Crippen LogP contribution in [0, 0.1) is 11.7 Å². The summed E-state index contributed by atoms with van der Waals surface area (Å²) in [6.07, 6.45) is 1.29. The molecule has 0 aromatic heterocycles. The smallest absolute Gasteiger partial charge is 0.326 e. The molecule has 8 heteroatoms. The number of urea groups is 1. The first-order chi connectivity index (χ1) is 12.7. The number of amides is 3. The molecule has 148 valence electrons. The van der Waals surface area contributed by atoms with Gasteiger partial charge in [0.1, 0.15) is 36.9 Å². The molecule has 0 radical (unpaired) electrons. The Morgan fingerprint density at radius 3 is 2.52 bits per heavy atom. The molecule has 1 fully saturated rings. The van der Waals surface area contributed by atoms with Gasteiger partial charge in [-0.1, -0.05) is 13.8 Å². The van der Waals surface area contributed by atoms with Gasteiger partial charge in [0.25, 0.3) is 5.91 Å². The number of carbonyl (C=O) groups is 3. The van der Waals surface area contributed by atoms with Gasteiger partial charge in [-0.15, -0.1) is 0 Å². The van der Waals surface area contributed by atoms with Crippen molar-refractivity contribution in [1.82, 2.24) is 10.2 Å². The van der Waals surface area contributed by atoms with E-state index in [4.69, 9.17) is 9.47 Å². The second-order valence-corrected chi connectivity index (χ2v) is 7.11. The summed E-state index contributed by atoms with van der Waals surface area (Å²) < 4.78 is 23.1. The van der Waals surface area contributed by atoms with Gasteiger partial charge in [0.05, 0.1) is 0 Å². The maximum absolute atomic E-state index is 12.8. The van der Waals surface area contributed by atoms with E-state index in [1.165, 1.54) is 24.3 Å². The number of hydrogen-bond donors (Lipinski definition) is 1. The molecule has 27 heavy (non-hydrogen) atoms. The fraction of sp³-hybridized carbons (Fsp3) is 0.526. The Kier molecular flexibility index (Phi) is 6.76. The van der Waals surface area contributed by atoms with Crippen molar-refractivity contribution >= 4 is 17.9 Å². The van der Waals surface area contributed by atoms with Crippen LogP contribution in [0.4, 0.5) is 9.18 Å². The van der Waals surface area contributed by atoms with Crippen molar-refractivity contribution in [3.05, 3.63) is 30.1 Å². The maximum atomic E-state index is 12.8. The van der Waals surface area contributed by atoms with E-state index in [1.54, 1.807) is 6.92 Å². The zero-order valence-electron chi connectivity index (χ0n) is 15.8. The van der Waals surface area contributed by atoms with Crippen LogP contribution >= 0.6 is 0 Å². The van der Waals surface area contributed by atoms with Crippen molar-refractivity contribution in [2.75, 3.05) is 19.8 Å². The highest BCUT2D eigenvalue weighted by atomic mass is 19.1. The molecule has 1 aromatic carbocycles. The Hall–Kier alpha value is -2.64. The fourth-order valence-corrected chi connectivity index (χ4v) is 2.66. The number of nitrogens with zero attached hydrogens (tertiary/aromatic N) is 1. The molecule has 2 rings (SSSR count). The lowest BCUT2D eigenvalue weighted by molar-refractivity contribution is -0.148. The van der Waals surface area contributed by atoms with Crippen molar-refractivity contribution in [1.29, 1.82) is 0 Å². The summed E-state index contributed by atoms with van der Waals surface area (Å²) >= 11 is 0. The average molecular weight is 380 g/mol. The van der Waals surface area contributed by atoms with Gasteiger partial charge in [0.2, 0.25) is 0 Å².